The summed E-state index contributed by atoms with van der Waals surface area (Å²) in [6, 6.07) is 20.4. The van der Waals surface area contributed by atoms with Gasteiger partial charge in [0.15, 0.2) is 11.5 Å². The summed E-state index contributed by atoms with van der Waals surface area (Å²) in [6.07, 6.45) is 1.22. The van der Waals surface area contributed by atoms with E-state index in [1.54, 1.807) is 30.3 Å². The van der Waals surface area contributed by atoms with Crippen LogP contribution in [-0.4, -0.2) is 12.6 Å². The highest BCUT2D eigenvalue weighted by atomic mass is 16.5. The van der Waals surface area contributed by atoms with E-state index in [9.17, 15) is 9.59 Å². The van der Waals surface area contributed by atoms with E-state index in [1.807, 2.05) is 31.2 Å². The Labute approximate surface area is 187 Å². The average molecular weight is 442 g/mol. The monoisotopic (exact) mass is 442 g/mol. The molecule has 0 spiro atoms. The molecule has 3 aromatic carbocycles. The number of hydrogen-bond acceptors (Lipinski definition) is 7. The van der Waals surface area contributed by atoms with E-state index in [4.69, 9.17) is 23.0 Å². The Morgan fingerprint density at radius 2 is 1.67 bits per heavy atom. The molecule has 0 saturated heterocycles. The molecule has 7 nitrogen and oxygen atoms in total. The highest BCUT2D eigenvalue weighted by Gasteiger charge is 2.17. The minimum absolute atomic E-state index is 0.0154. The fraction of sp³-hybridized carbons (Fsp3) is 0.0769. The highest BCUT2D eigenvalue weighted by Crippen LogP contribution is 2.31. The van der Waals surface area contributed by atoms with E-state index in [1.165, 1.54) is 24.5 Å². The summed E-state index contributed by atoms with van der Waals surface area (Å²) in [5.74, 6) is 0.581. The second kappa shape index (κ2) is 8.55. The van der Waals surface area contributed by atoms with Gasteiger partial charge >= 0.3 is 5.97 Å². The maximum Gasteiger partial charge on any atom is 0.379 e. The number of benzene rings is 3. The zero-order valence-corrected chi connectivity index (χ0v) is 17.6. The first-order valence-electron chi connectivity index (χ1n) is 10.3. The fourth-order valence-electron chi connectivity index (χ4n) is 3.39. The topological polar surface area (TPSA) is 88.1 Å². The molecule has 0 fully saturated rings. The summed E-state index contributed by atoms with van der Waals surface area (Å²) in [6.45, 7) is 2.32. The van der Waals surface area contributed by atoms with Crippen molar-refractivity contribution in [1.29, 1.82) is 0 Å². The van der Waals surface area contributed by atoms with Crippen LogP contribution in [0.15, 0.2) is 92.7 Å². The minimum atomic E-state index is -0.652. The van der Waals surface area contributed by atoms with Crippen LogP contribution in [-0.2, 0) is 0 Å². The molecular weight excluding hydrogens is 424 g/mol. The lowest BCUT2D eigenvalue weighted by atomic mass is 10.2. The van der Waals surface area contributed by atoms with Crippen molar-refractivity contribution in [3.63, 3.8) is 0 Å². The van der Waals surface area contributed by atoms with Crippen molar-refractivity contribution in [3.05, 3.63) is 95.0 Å². The molecular formula is C26H18O7. The fourth-order valence-corrected chi connectivity index (χ4v) is 3.39. The Morgan fingerprint density at radius 1 is 0.879 bits per heavy atom. The lowest BCUT2D eigenvalue weighted by Gasteiger charge is -2.11. The largest absolute Gasteiger partial charge is 0.490 e. The van der Waals surface area contributed by atoms with Gasteiger partial charge in [0.25, 0.3) is 0 Å². The predicted molar refractivity (Wildman–Crippen MR) is 121 cm³/mol. The summed E-state index contributed by atoms with van der Waals surface area (Å²) >= 11 is 0. The lowest BCUT2D eigenvalue weighted by Crippen LogP contribution is -2.08. The standard InChI is InChI=1S/C26H18O7/c1-2-29-20-9-5-6-10-21(20)33-24-15-30-22-14-17(11-12-18(22)25(24)27)31-26(28)23-13-16-7-3-4-8-19(16)32-23/h3-15H,2H2,1H3. The number of carbonyl (C=O) groups excluding carboxylic acids is 1. The van der Waals surface area contributed by atoms with Gasteiger partial charge in [-0.15, -0.1) is 0 Å². The van der Waals surface area contributed by atoms with Crippen molar-refractivity contribution in [3.8, 4) is 23.0 Å². The normalized spacial score (nSPS) is 10.9. The molecule has 5 rings (SSSR count). The summed E-state index contributed by atoms with van der Waals surface area (Å²) < 4.78 is 27.8. The van der Waals surface area contributed by atoms with Crippen LogP contribution in [0.3, 0.4) is 0 Å². The molecule has 164 valence electrons. The number of carbonyl (C=O) groups is 1. The maximum atomic E-state index is 12.9. The summed E-state index contributed by atoms with van der Waals surface area (Å²) in [4.78, 5) is 25.4. The molecule has 0 radical (unpaired) electrons. The van der Waals surface area contributed by atoms with E-state index in [2.05, 4.69) is 0 Å². The number of para-hydroxylation sites is 3. The molecule has 0 aliphatic carbocycles. The molecule has 0 saturated carbocycles. The molecule has 2 heterocycles. The quantitative estimate of drug-likeness (QED) is 0.237. The third-order valence-corrected chi connectivity index (χ3v) is 4.92. The molecule has 0 unspecified atom stereocenters. The first-order valence-corrected chi connectivity index (χ1v) is 10.3. The van der Waals surface area contributed by atoms with Crippen molar-refractivity contribution >= 4 is 27.9 Å². The van der Waals surface area contributed by atoms with Crippen LogP contribution in [0.2, 0.25) is 0 Å². The number of rotatable bonds is 6. The Hall–Kier alpha value is -4.52. The molecule has 0 aliphatic rings. The van der Waals surface area contributed by atoms with E-state index in [-0.39, 0.29) is 33.7 Å². The number of esters is 1. The molecule has 2 aromatic heterocycles. The number of ether oxygens (including phenoxy) is 3. The minimum Gasteiger partial charge on any atom is -0.490 e. The third-order valence-electron chi connectivity index (χ3n) is 4.92. The second-order valence-electron chi connectivity index (χ2n) is 7.11. The maximum absolute atomic E-state index is 12.9. The third kappa shape index (κ3) is 4.04. The molecule has 0 bridgehead atoms. The van der Waals surface area contributed by atoms with Gasteiger partial charge in [-0.2, -0.15) is 0 Å². The van der Waals surface area contributed by atoms with Crippen LogP contribution in [0.25, 0.3) is 21.9 Å². The molecule has 5 aromatic rings. The van der Waals surface area contributed by atoms with Gasteiger partial charge in [-0.05, 0) is 43.3 Å². The SMILES string of the molecule is CCOc1ccccc1Oc1coc2cc(OC(=O)c3cc4ccccc4o3)ccc2c1=O. The van der Waals surface area contributed by atoms with E-state index < -0.39 is 5.97 Å². The first kappa shape index (κ1) is 20.4. The van der Waals surface area contributed by atoms with Crippen LogP contribution >= 0.6 is 0 Å². The predicted octanol–water partition coefficient (Wildman–Crippen LogP) is 5.95. The van der Waals surface area contributed by atoms with Gasteiger partial charge in [0.05, 0.1) is 12.0 Å². The van der Waals surface area contributed by atoms with Gasteiger partial charge in [-0.1, -0.05) is 30.3 Å². The van der Waals surface area contributed by atoms with Crippen LogP contribution in [0.5, 0.6) is 23.0 Å². The zero-order chi connectivity index (χ0) is 22.8. The van der Waals surface area contributed by atoms with E-state index in [0.29, 0.717) is 23.7 Å². The van der Waals surface area contributed by atoms with Crippen LogP contribution in [0, 0.1) is 0 Å². The average Bonchev–Trinajstić information content (AvgIpc) is 3.27. The van der Waals surface area contributed by atoms with Gasteiger partial charge in [0, 0.05) is 11.5 Å². The molecule has 33 heavy (non-hydrogen) atoms. The van der Waals surface area contributed by atoms with Crippen molar-refractivity contribution < 1.29 is 27.8 Å². The molecule has 0 aliphatic heterocycles. The van der Waals surface area contributed by atoms with Crippen molar-refractivity contribution in [2.75, 3.05) is 6.61 Å². The first-order chi connectivity index (χ1) is 16.1. The summed E-state index contributed by atoms with van der Waals surface area (Å²) in [5, 5.41) is 1.08. The Bertz CT molecular complexity index is 1490. The molecule has 0 atom stereocenters. The smallest absolute Gasteiger partial charge is 0.379 e. The number of hydrogen-bond donors (Lipinski definition) is 0. The van der Waals surface area contributed by atoms with E-state index in [0.717, 1.165) is 5.39 Å². The Balaban J connectivity index is 1.40. The van der Waals surface area contributed by atoms with Crippen molar-refractivity contribution in [2.24, 2.45) is 0 Å². The van der Waals surface area contributed by atoms with Gasteiger partial charge in [0.2, 0.25) is 16.9 Å². The zero-order valence-electron chi connectivity index (χ0n) is 17.6. The summed E-state index contributed by atoms with van der Waals surface area (Å²) in [5.41, 5.74) is 0.477. The van der Waals surface area contributed by atoms with Crippen LogP contribution in [0.4, 0.5) is 0 Å². The molecule has 0 amide bonds. The van der Waals surface area contributed by atoms with Gasteiger partial charge < -0.3 is 23.0 Å². The van der Waals surface area contributed by atoms with Gasteiger partial charge in [-0.25, -0.2) is 4.79 Å². The van der Waals surface area contributed by atoms with E-state index >= 15 is 0 Å². The van der Waals surface area contributed by atoms with Gasteiger partial charge in [-0.3, -0.25) is 4.79 Å². The lowest BCUT2D eigenvalue weighted by molar-refractivity contribution is 0.0704. The van der Waals surface area contributed by atoms with Crippen LogP contribution in [0.1, 0.15) is 17.5 Å². The Kier molecular flexibility index (Phi) is 5.28. The van der Waals surface area contributed by atoms with Gasteiger partial charge in [0.1, 0.15) is 23.2 Å². The second-order valence-corrected chi connectivity index (χ2v) is 7.11. The molecule has 0 N–H and O–H groups in total. The highest BCUT2D eigenvalue weighted by molar-refractivity contribution is 5.94. The van der Waals surface area contributed by atoms with Crippen molar-refractivity contribution in [2.45, 2.75) is 6.92 Å². The van der Waals surface area contributed by atoms with Crippen molar-refractivity contribution in [1.82, 2.24) is 0 Å². The van der Waals surface area contributed by atoms with Crippen LogP contribution < -0.4 is 19.6 Å². The Morgan fingerprint density at radius 3 is 2.48 bits per heavy atom. The number of furan rings is 1. The molecule has 7 heteroatoms. The number of fused-ring (bicyclic) bond motifs is 2. The summed E-state index contributed by atoms with van der Waals surface area (Å²) in [7, 11) is 0.